The van der Waals surface area contributed by atoms with Crippen LogP contribution in [-0.2, 0) is 47.5 Å². The average Bonchev–Trinajstić information content (AvgIpc) is 3.07. The maximum Gasteiger partial charge on any atom is 0.297 e. The molecule has 2 aliphatic heterocycles. The molecule has 10 nitrogen and oxygen atoms in total. The van der Waals surface area contributed by atoms with Crippen molar-refractivity contribution in [1.29, 1.82) is 0 Å². The van der Waals surface area contributed by atoms with Crippen molar-refractivity contribution in [2.75, 3.05) is 13.2 Å². The van der Waals surface area contributed by atoms with Crippen LogP contribution in [-0.4, -0.2) is 54.5 Å². The van der Waals surface area contributed by atoms with Crippen LogP contribution in [0.2, 0.25) is 0 Å². The van der Waals surface area contributed by atoms with Crippen molar-refractivity contribution in [3.63, 3.8) is 0 Å². The zero-order valence-electron chi connectivity index (χ0n) is 25.2. The quantitative estimate of drug-likeness (QED) is 0.204. The van der Waals surface area contributed by atoms with E-state index in [9.17, 15) is 16.8 Å². The summed E-state index contributed by atoms with van der Waals surface area (Å²) in [7, 11) is -8.74. The fraction of sp³-hybridized carbons (Fsp3) is 0.294. The van der Waals surface area contributed by atoms with Crippen LogP contribution >= 0.6 is 0 Å². The Morgan fingerprint density at radius 1 is 0.652 bits per heavy atom. The van der Waals surface area contributed by atoms with Crippen LogP contribution in [0.25, 0.3) is 0 Å². The molecule has 0 bridgehead atoms. The molecule has 12 heteroatoms. The van der Waals surface area contributed by atoms with E-state index in [1.54, 1.807) is 36.4 Å². The predicted molar refractivity (Wildman–Crippen MR) is 166 cm³/mol. The van der Waals surface area contributed by atoms with Crippen LogP contribution in [0.4, 0.5) is 0 Å². The molecular weight excluding hydrogens is 632 g/mol. The van der Waals surface area contributed by atoms with Gasteiger partial charge in [0.1, 0.15) is 24.4 Å². The van der Waals surface area contributed by atoms with Gasteiger partial charge in [0.15, 0.2) is 12.6 Å². The Kier molecular flexibility index (Phi) is 9.69. The first-order chi connectivity index (χ1) is 22.1. The first kappa shape index (κ1) is 32.5. The Bertz CT molecular complexity index is 1810. The predicted octanol–water partition coefficient (Wildman–Crippen LogP) is 5.38. The topological polar surface area (TPSA) is 124 Å². The minimum Gasteiger partial charge on any atom is -0.346 e. The number of rotatable bonds is 10. The van der Waals surface area contributed by atoms with Gasteiger partial charge in [0.05, 0.1) is 23.0 Å². The number of aryl methyl sites for hydroxylation is 2. The molecule has 0 spiro atoms. The van der Waals surface area contributed by atoms with Crippen LogP contribution in [0.1, 0.15) is 34.8 Å². The largest absolute Gasteiger partial charge is 0.346 e. The summed E-state index contributed by atoms with van der Waals surface area (Å²) < 4.78 is 90.2. The van der Waals surface area contributed by atoms with Gasteiger partial charge in [-0.05, 0) is 38.1 Å². The van der Waals surface area contributed by atoms with E-state index < -0.39 is 63.8 Å². The minimum absolute atomic E-state index is 0.0855. The van der Waals surface area contributed by atoms with Crippen molar-refractivity contribution in [3.05, 3.63) is 131 Å². The van der Waals surface area contributed by atoms with Crippen molar-refractivity contribution in [2.45, 2.75) is 60.6 Å². The molecule has 2 saturated heterocycles. The maximum absolute atomic E-state index is 13.6. The van der Waals surface area contributed by atoms with E-state index in [-0.39, 0.29) is 16.4 Å². The second-order valence-electron chi connectivity index (χ2n) is 11.1. The molecule has 0 unspecified atom stereocenters. The molecule has 0 saturated carbocycles. The highest BCUT2D eigenvalue weighted by Crippen LogP contribution is 2.40. The summed E-state index contributed by atoms with van der Waals surface area (Å²) in [6.07, 6.45) is -6.09. The van der Waals surface area contributed by atoms with Crippen LogP contribution in [0.15, 0.2) is 119 Å². The van der Waals surface area contributed by atoms with E-state index in [0.29, 0.717) is 5.56 Å². The number of benzene rings is 4. The standard InChI is InChI=1S/C34H34O10S2/c1-23-13-17-27(18-14-23)45(35,36)40-22-30(44-46(37,38)28-19-15-24(2)16-20-28)32-31-29(41-34(43-32)26-11-7-4-8-12-26)21-39-33(42-31)25-9-5-3-6-10-25/h3-20,29-34H,21-22H2,1-2H3/t29-,30+,31+,32+,33+,34+/m1/s1. The first-order valence-corrected chi connectivity index (χ1v) is 17.5. The third-order valence-corrected chi connectivity index (χ3v) is 10.4. The fourth-order valence-electron chi connectivity index (χ4n) is 5.25. The summed E-state index contributed by atoms with van der Waals surface area (Å²) >= 11 is 0. The molecule has 2 fully saturated rings. The number of hydrogen-bond donors (Lipinski definition) is 0. The van der Waals surface area contributed by atoms with Gasteiger partial charge in [-0.2, -0.15) is 16.8 Å². The Morgan fingerprint density at radius 3 is 1.74 bits per heavy atom. The molecule has 4 aromatic rings. The minimum atomic E-state index is -4.43. The summed E-state index contributed by atoms with van der Waals surface area (Å²) in [5, 5.41) is 0. The van der Waals surface area contributed by atoms with Gasteiger partial charge >= 0.3 is 0 Å². The Balaban J connectivity index is 1.37. The van der Waals surface area contributed by atoms with Gasteiger partial charge in [-0.25, -0.2) is 0 Å². The third-order valence-electron chi connectivity index (χ3n) is 7.73. The Labute approximate surface area is 269 Å². The first-order valence-electron chi connectivity index (χ1n) is 14.7. The Hall–Kier alpha value is -3.46. The normalized spacial score (nSPS) is 24.2. The van der Waals surface area contributed by atoms with E-state index in [1.165, 1.54) is 24.3 Å². The highest BCUT2D eigenvalue weighted by atomic mass is 32.2. The molecule has 2 heterocycles. The highest BCUT2D eigenvalue weighted by molar-refractivity contribution is 7.87. The second-order valence-corrected chi connectivity index (χ2v) is 14.3. The van der Waals surface area contributed by atoms with Crippen molar-refractivity contribution in [2.24, 2.45) is 0 Å². The van der Waals surface area contributed by atoms with Gasteiger partial charge in [-0.15, -0.1) is 0 Å². The lowest BCUT2D eigenvalue weighted by Gasteiger charge is -2.47. The molecule has 0 N–H and O–H groups in total. The van der Waals surface area contributed by atoms with Crippen LogP contribution in [0, 0.1) is 13.8 Å². The summed E-state index contributed by atoms with van der Waals surface area (Å²) in [5.74, 6) is 0. The van der Waals surface area contributed by atoms with Gasteiger partial charge in [0.2, 0.25) is 0 Å². The molecular formula is C34H34O10S2. The molecule has 242 valence electrons. The van der Waals surface area contributed by atoms with Crippen LogP contribution in [0.5, 0.6) is 0 Å². The monoisotopic (exact) mass is 666 g/mol. The summed E-state index contributed by atoms with van der Waals surface area (Å²) in [5.41, 5.74) is 3.10. The summed E-state index contributed by atoms with van der Waals surface area (Å²) in [6, 6.07) is 30.5. The molecule has 0 radical (unpaired) electrons. The molecule has 0 aliphatic carbocycles. The third kappa shape index (κ3) is 7.40. The molecule has 6 rings (SSSR count). The molecule has 4 aromatic carbocycles. The van der Waals surface area contributed by atoms with Crippen molar-refractivity contribution in [3.8, 4) is 0 Å². The number of ether oxygens (including phenoxy) is 4. The van der Waals surface area contributed by atoms with Gasteiger partial charge in [-0.1, -0.05) is 96.1 Å². The molecule has 46 heavy (non-hydrogen) atoms. The average molecular weight is 667 g/mol. The van der Waals surface area contributed by atoms with Crippen molar-refractivity contribution < 1.29 is 44.1 Å². The van der Waals surface area contributed by atoms with Crippen LogP contribution < -0.4 is 0 Å². The smallest absolute Gasteiger partial charge is 0.297 e. The molecule has 0 aromatic heterocycles. The molecule has 2 aliphatic rings. The maximum atomic E-state index is 13.6. The number of hydrogen-bond acceptors (Lipinski definition) is 10. The van der Waals surface area contributed by atoms with E-state index in [4.69, 9.17) is 27.3 Å². The lowest BCUT2D eigenvalue weighted by Crippen LogP contribution is -2.59. The second kappa shape index (κ2) is 13.7. The zero-order chi connectivity index (χ0) is 32.3. The SMILES string of the molecule is Cc1ccc(S(=O)(=O)OC[C@H](OS(=O)(=O)c2ccc(C)cc2)[C@@H]2O[C@@H](c3ccccc3)O[C@@H]3CO[C@H](c4ccccc4)O[C@H]23)cc1. The molecule has 6 atom stereocenters. The van der Waals surface area contributed by atoms with Gasteiger partial charge in [0.25, 0.3) is 20.2 Å². The highest BCUT2D eigenvalue weighted by Gasteiger charge is 2.50. The van der Waals surface area contributed by atoms with Gasteiger partial charge in [-0.3, -0.25) is 8.37 Å². The van der Waals surface area contributed by atoms with Gasteiger partial charge in [0, 0.05) is 11.1 Å². The fourth-order valence-corrected chi connectivity index (χ4v) is 7.23. The zero-order valence-corrected chi connectivity index (χ0v) is 26.8. The van der Waals surface area contributed by atoms with Gasteiger partial charge < -0.3 is 18.9 Å². The lowest BCUT2D eigenvalue weighted by molar-refractivity contribution is -0.372. The summed E-state index contributed by atoms with van der Waals surface area (Å²) in [4.78, 5) is -0.194. The van der Waals surface area contributed by atoms with E-state index in [1.807, 2.05) is 62.4 Å². The van der Waals surface area contributed by atoms with Crippen LogP contribution in [0.3, 0.4) is 0 Å². The van der Waals surface area contributed by atoms with E-state index in [0.717, 1.165) is 16.7 Å². The van der Waals surface area contributed by atoms with E-state index in [2.05, 4.69) is 0 Å². The Morgan fingerprint density at radius 2 is 1.17 bits per heavy atom. The van der Waals surface area contributed by atoms with E-state index >= 15 is 0 Å². The lowest BCUT2D eigenvalue weighted by atomic mass is 9.99. The molecule has 0 amide bonds. The number of fused-ring (bicyclic) bond motifs is 1. The van der Waals surface area contributed by atoms with Crippen molar-refractivity contribution >= 4 is 20.2 Å². The van der Waals surface area contributed by atoms with Crippen molar-refractivity contribution in [1.82, 2.24) is 0 Å². The summed E-state index contributed by atoms with van der Waals surface area (Å²) in [6.45, 7) is 3.05.